The number of carbonyl (C=O) groups is 1. The van der Waals surface area contributed by atoms with Gasteiger partial charge in [0.25, 0.3) is 0 Å². The van der Waals surface area contributed by atoms with Crippen molar-refractivity contribution in [3.05, 3.63) is 70.1 Å². The van der Waals surface area contributed by atoms with Crippen LogP contribution in [0.2, 0.25) is 0 Å². The minimum Gasteiger partial charge on any atom is -0.297 e. The second-order valence-electron chi connectivity index (χ2n) is 4.30. The second kappa shape index (κ2) is 4.97. The van der Waals surface area contributed by atoms with E-state index in [1.165, 1.54) is 5.56 Å². The Hall–Kier alpha value is -1.94. The minimum atomic E-state index is 0.614. The number of imidazole rings is 1. The van der Waals surface area contributed by atoms with Gasteiger partial charge >= 0.3 is 0 Å². The molecular formula is C15H11BrN2O. The van der Waals surface area contributed by atoms with Crippen LogP contribution in [0.15, 0.2) is 53.1 Å². The fourth-order valence-corrected chi connectivity index (χ4v) is 2.53. The third kappa shape index (κ3) is 2.31. The molecule has 0 aliphatic heterocycles. The minimum absolute atomic E-state index is 0.614. The number of nitrogens with zero attached hydrogens (tertiary/aromatic N) is 2. The van der Waals surface area contributed by atoms with Gasteiger partial charge in [-0.15, -0.1) is 0 Å². The molecule has 0 fully saturated rings. The van der Waals surface area contributed by atoms with Crippen molar-refractivity contribution in [2.45, 2.75) is 6.42 Å². The predicted molar refractivity (Wildman–Crippen MR) is 77.5 cm³/mol. The summed E-state index contributed by atoms with van der Waals surface area (Å²) >= 11 is 3.53. The summed E-state index contributed by atoms with van der Waals surface area (Å²) in [6.07, 6.45) is 3.50. The van der Waals surface area contributed by atoms with Crippen molar-refractivity contribution < 1.29 is 4.79 Å². The van der Waals surface area contributed by atoms with E-state index in [0.717, 1.165) is 28.5 Å². The highest BCUT2D eigenvalue weighted by atomic mass is 79.9. The van der Waals surface area contributed by atoms with Crippen LogP contribution < -0.4 is 0 Å². The number of carbonyl (C=O) groups excluding carboxylic acids is 1. The molecule has 0 saturated heterocycles. The van der Waals surface area contributed by atoms with E-state index in [-0.39, 0.29) is 0 Å². The van der Waals surface area contributed by atoms with Gasteiger partial charge in [-0.2, -0.15) is 0 Å². The van der Waals surface area contributed by atoms with Gasteiger partial charge in [0.2, 0.25) is 0 Å². The van der Waals surface area contributed by atoms with E-state index in [4.69, 9.17) is 0 Å². The monoisotopic (exact) mass is 314 g/mol. The van der Waals surface area contributed by atoms with E-state index in [9.17, 15) is 4.79 Å². The molecule has 3 rings (SSSR count). The zero-order chi connectivity index (χ0) is 13.2. The maximum atomic E-state index is 11.0. The van der Waals surface area contributed by atoms with Crippen molar-refractivity contribution in [2.75, 3.05) is 0 Å². The van der Waals surface area contributed by atoms with E-state index in [2.05, 4.69) is 27.0 Å². The second-order valence-corrected chi connectivity index (χ2v) is 5.15. The number of aldehydes is 1. The lowest BCUT2D eigenvalue weighted by Crippen LogP contribution is -1.92. The molecule has 3 nitrogen and oxygen atoms in total. The Bertz CT molecular complexity index is 749. The summed E-state index contributed by atoms with van der Waals surface area (Å²) < 4.78 is 2.89. The summed E-state index contributed by atoms with van der Waals surface area (Å²) in [4.78, 5) is 15.5. The molecule has 0 spiro atoms. The molecule has 1 aromatic carbocycles. The summed E-state index contributed by atoms with van der Waals surface area (Å²) in [6, 6.07) is 13.6. The quantitative estimate of drug-likeness (QED) is 0.693. The first kappa shape index (κ1) is 12.1. The fourth-order valence-electron chi connectivity index (χ4n) is 2.10. The number of hydrogen-bond acceptors (Lipinski definition) is 2. The van der Waals surface area contributed by atoms with Gasteiger partial charge < -0.3 is 0 Å². The number of aromatic nitrogens is 2. The van der Waals surface area contributed by atoms with E-state index in [1.54, 1.807) is 6.07 Å². The van der Waals surface area contributed by atoms with Crippen molar-refractivity contribution in [3.8, 4) is 0 Å². The summed E-state index contributed by atoms with van der Waals surface area (Å²) in [7, 11) is 0. The zero-order valence-corrected chi connectivity index (χ0v) is 11.7. The number of pyridine rings is 1. The van der Waals surface area contributed by atoms with Gasteiger partial charge in [-0.05, 0) is 23.8 Å². The van der Waals surface area contributed by atoms with Gasteiger partial charge in [-0.25, -0.2) is 4.98 Å². The molecule has 0 amide bonds. The van der Waals surface area contributed by atoms with Crippen LogP contribution in [0, 0.1) is 0 Å². The van der Waals surface area contributed by atoms with Gasteiger partial charge in [0.05, 0.1) is 11.4 Å². The van der Waals surface area contributed by atoms with Crippen molar-refractivity contribution in [1.29, 1.82) is 0 Å². The Balaban J connectivity index is 2.03. The highest BCUT2D eigenvalue weighted by Crippen LogP contribution is 2.19. The largest absolute Gasteiger partial charge is 0.297 e. The molecule has 19 heavy (non-hydrogen) atoms. The summed E-state index contributed by atoms with van der Waals surface area (Å²) in [5.41, 5.74) is 3.54. The molecule has 2 aromatic heterocycles. The Kier molecular flexibility index (Phi) is 3.17. The lowest BCUT2D eigenvalue weighted by molar-refractivity contribution is 0.111. The highest BCUT2D eigenvalue weighted by molar-refractivity contribution is 9.10. The number of hydrogen-bond donors (Lipinski definition) is 0. The lowest BCUT2D eigenvalue weighted by atomic mass is 10.1. The van der Waals surface area contributed by atoms with Gasteiger partial charge in [-0.1, -0.05) is 40.2 Å². The third-order valence-electron chi connectivity index (χ3n) is 3.02. The standard InChI is InChI=1S/C15H11BrN2O/c16-14-6-2-1-4-11(14)8-12-9-18-13(10-19)5-3-7-15(18)17-12/h1-7,9-10H,8H2. The molecule has 0 saturated carbocycles. The molecule has 0 aliphatic rings. The highest BCUT2D eigenvalue weighted by Gasteiger charge is 2.07. The fraction of sp³-hybridized carbons (Fsp3) is 0.0667. The van der Waals surface area contributed by atoms with Gasteiger partial charge in [-0.3, -0.25) is 9.20 Å². The van der Waals surface area contributed by atoms with E-state index in [1.807, 2.05) is 40.9 Å². The molecule has 4 heteroatoms. The molecule has 3 aromatic rings. The predicted octanol–water partition coefficient (Wildman–Crippen LogP) is 3.50. The van der Waals surface area contributed by atoms with E-state index >= 15 is 0 Å². The number of halogens is 1. The first-order valence-corrected chi connectivity index (χ1v) is 6.73. The number of fused-ring (bicyclic) bond motifs is 1. The maximum Gasteiger partial charge on any atom is 0.166 e. The van der Waals surface area contributed by atoms with Crippen molar-refractivity contribution in [1.82, 2.24) is 9.38 Å². The molecule has 2 heterocycles. The molecule has 94 valence electrons. The topological polar surface area (TPSA) is 34.4 Å². The SMILES string of the molecule is O=Cc1cccc2nc(Cc3ccccc3Br)cn12. The van der Waals surface area contributed by atoms with Crippen molar-refractivity contribution in [3.63, 3.8) is 0 Å². The average Bonchev–Trinajstić information content (AvgIpc) is 2.83. The van der Waals surface area contributed by atoms with Crippen LogP contribution in [0.3, 0.4) is 0 Å². The lowest BCUT2D eigenvalue weighted by Gasteiger charge is -2.00. The normalized spacial score (nSPS) is 10.8. The van der Waals surface area contributed by atoms with Crippen molar-refractivity contribution in [2.24, 2.45) is 0 Å². The molecule has 0 unspecified atom stereocenters. The van der Waals surface area contributed by atoms with Gasteiger partial charge in [0.1, 0.15) is 5.65 Å². The van der Waals surface area contributed by atoms with Crippen LogP contribution in [-0.4, -0.2) is 15.7 Å². The Morgan fingerprint density at radius 2 is 2.00 bits per heavy atom. The number of benzene rings is 1. The molecular weight excluding hydrogens is 304 g/mol. The van der Waals surface area contributed by atoms with E-state index in [0.29, 0.717) is 5.69 Å². The smallest absolute Gasteiger partial charge is 0.166 e. The first-order chi connectivity index (χ1) is 9.28. The zero-order valence-electron chi connectivity index (χ0n) is 10.1. The molecule has 0 bridgehead atoms. The van der Waals surface area contributed by atoms with Crippen LogP contribution >= 0.6 is 15.9 Å². The maximum absolute atomic E-state index is 11.0. The Morgan fingerprint density at radius 3 is 2.79 bits per heavy atom. The van der Waals surface area contributed by atoms with Crippen molar-refractivity contribution >= 4 is 27.9 Å². The first-order valence-electron chi connectivity index (χ1n) is 5.93. The molecule has 0 N–H and O–H groups in total. The van der Waals surface area contributed by atoms with Crippen LogP contribution in [0.1, 0.15) is 21.7 Å². The molecule has 0 radical (unpaired) electrons. The van der Waals surface area contributed by atoms with Gasteiger partial charge in [0.15, 0.2) is 6.29 Å². The third-order valence-corrected chi connectivity index (χ3v) is 3.80. The van der Waals surface area contributed by atoms with Crippen LogP contribution in [-0.2, 0) is 6.42 Å². The summed E-state index contributed by atoms with van der Waals surface area (Å²) in [5, 5.41) is 0. The summed E-state index contributed by atoms with van der Waals surface area (Å²) in [6.45, 7) is 0. The average molecular weight is 315 g/mol. The Labute approximate surface area is 119 Å². The molecule has 0 aliphatic carbocycles. The van der Waals surface area contributed by atoms with Gasteiger partial charge in [0, 0.05) is 17.1 Å². The van der Waals surface area contributed by atoms with Crippen LogP contribution in [0.4, 0.5) is 0 Å². The number of rotatable bonds is 3. The van der Waals surface area contributed by atoms with Crippen LogP contribution in [0.25, 0.3) is 5.65 Å². The Morgan fingerprint density at radius 1 is 1.16 bits per heavy atom. The van der Waals surface area contributed by atoms with Crippen LogP contribution in [0.5, 0.6) is 0 Å². The summed E-state index contributed by atoms with van der Waals surface area (Å²) in [5.74, 6) is 0. The molecule has 0 atom stereocenters. The van der Waals surface area contributed by atoms with E-state index < -0.39 is 0 Å².